The van der Waals surface area contributed by atoms with Crippen LogP contribution in [0, 0.1) is 5.92 Å². The quantitative estimate of drug-likeness (QED) is 0.461. The first-order chi connectivity index (χ1) is 14.6. The van der Waals surface area contributed by atoms with Crippen molar-refractivity contribution in [2.24, 2.45) is 11.0 Å². The summed E-state index contributed by atoms with van der Waals surface area (Å²) < 4.78 is 0. The summed E-state index contributed by atoms with van der Waals surface area (Å²) in [7, 11) is 0. The number of anilines is 1. The van der Waals surface area contributed by atoms with Crippen LogP contribution in [0.25, 0.3) is 11.1 Å². The molecule has 0 radical (unpaired) electrons. The molecule has 1 saturated carbocycles. The van der Waals surface area contributed by atoms with Crippen molar-refractivity contribution in [3.8, 4) is 11.1 Å². The normalized spacial score (nSPS) is 13.6. The second-order valence-corrected chi connectivity index (χ2v) is 7.43. The van der Waals surface area contributed by atoms with E-state index in [4.69, 9.17) is 0 Å². The predicted molar refractivity (Wildman–Crippen MR) is 119 cm³/mol. The third-order valence-electron chi connectivity index (χ3n) is 5.08. The van der Waals surface area contributed by atoms with Gasteiger partial charge in [0.1, 0.15) is 0 Å². The molecule has 2 amide bonds. The van der Waals surface area contributed by atoms with Gasteiger partial charge >= 0.3 is 0 Å². The molecule has 5 heteroatoms. The Balaban J connectivity index is 1.40. The molecule has 0 saturated heterocycles. The molecular weight excluding hydrogens is 374 g/mol. The molecule has 0 aliphatic heterocycles. The smallest absolute Gasteiger partial charge is 0.271 e. The highest BCUT2D eigenvalue weighted by atomic mass is 16.2. The minimum Gasteiger partial charge on any atom is -0.326 e. The molecule has 5 nitrogen and oxygen atoms in total. The zero-order chi connectivity index (χ0) is 20.9. The van der Waals surface area contributed by atoms with Gasteiger partial charge in [0.15, 0.2) is 0 Å². The zero-order valence-electron chi connectivity index (χ0n) is 16.8. The Morgan fingerprint density at radius 1 is 0.833 bits per heavy atom. The molecule has 0 heterocycles. The lowest BCUT2D eigenvalue weighted by atomic mass is 10.0. The fourth-order valence-electron chi connectivity index (χ4n) is 3.12. The average molecular weight is 397 g/mol. The van der Waals surface area contributed by atoms with Crippen LogP contribution in [0.15, 0.2) is 84.0 Å². The van der Waals surface area contributed by atoms with Crippen LogP contribution in [0.3, 0.4) is 0 Å². The van der Waals surface area contributed by atoms with E-state index in [0.717, 1.165) is 35.2 Å². The highest BCUT2D eigenvalue weighted by Crippen LogP contribution is 2.30. The van der Waals surface area contributed by atoms with Crippen LogP contribution in [-0.4, -0.2) is 17.5 Å². The van der Waals surface area contributed by atoms with Gasteiger partial charge in [-0.2, -0.15) is 5.10 Å². The third kappa shape index (κ3) is 4.81. The lowest BCUT2D eigenvalue weighted by molar-refractivity contribution is -0.117. The molecule has 1 aliphatic rings. The summed E-state index contributed by atoms with van der Waals surface area (Å²) in [6.45, 7) is 1.82. The van der Waals surface area contributed by atoms with E-state index >= 15 is 0 Å². The minimum absolute atomic E-state index is 0.0639. The standard InChI is InChI=1S/C25H23N3O2/c1-17(22-8-5-9-23(16-22)26-24(29)20-14-15-20)27-28-25(30)21-12-10-19(11-13-21)18-6-3-2-4-7-18/h2-13,16,20H,14-15H2,1H3,(H,26,29)(H,28,30)/b27-17-. The SMILES string of the molecule is C/C(=N/NC(=O)c1ccc(-c2ccccc2)cc1)c1cccc(NC(=O)C2CC2)c1. The summed E-state index contributed by atoms with van der Waals surface area (Å²) >= 11 is 0. The van der Waals surface area contributed by atoms with Crippen LogP contribution < -0.4 is 10.7 Å². The first kappa shape index (κ1) is 19.6. The first-order valence-corrected chi connectivity index (χ1v) is 10.0. The topological polar surface area (TPSA) is 70.6 Å². The van der Waals surface area contributed by atoms with E-state index in [0.29, 0.717) is 11.3 Å². The van der Waals surface area contributed by atoms with Gasteiger partial charge in [-0.3, -0.25) is 9.59 Å². The molecule has 4 rings (SSSR count). The molecular formula is C25H23N3O2. The van der Waals surface area contributed by atoms with Crippen LogP contribution in [0.2, 0.25) is 0 Å². The van der Waals surface area contributed by atoms with Crippen molar-refractivity contribution >= 4 is 23.2 Å². The van der Waals surface area contributed by atoms with Crippen molar-refractivity contribution < 1.29 is 9.59 Å². The summed E-state index contributed by atoms with van der Waals surface area (Å²) in [5.41, 5.74) is 7.53. The van der Waals surface area contributed by atoms with E-state index in [1.807, 2.05) is 73.7 Å². The molecule has 2 N–H and O–H groups in total. The van der Waals surface area contributed by atoms with Crippen molar-refractivity contribution in [2.75, 3.05) is 5.32 Å². The van der Waals surface area contributed by atoms with Crippen molar-refractivity contribution in [1.82, 2.24) is 5.43 Å². The Labute approximate surface area is 175 Å². The van der Waals surface area contributed by atoms with E-state index < -0.39 is 0 Å². The monoisotopic (exact) mass is 397 g/mol. The van der Waals surface area contributed by atoms with Gasteiger partial charge in [0.05, 0.1) is 5.71 Å². The molecule has 1 fully saturated rings. The fourth-order valence-corrected chi connectivity index (χ4v) is 3.12. The number of amides is 2. The van der Waals surface area contributed by atoms with Crippen molar-refractivity contribution in [3.05, 3.63) is 90.0 Å². The molecule has 0 spiro atoms. The lowest BCUT2D eigenvalue weighted by Crippen LogP contribution is -2.19. The Morgan fingerprint density at radius 2 is 1.53 bits per heavy atom. The van der Waals surface area contributed by atoms with Gasteiger partial charge in [-0.25, -0.2) is 5.43 Å². The van der Waals surface area contributed by atoms with Gasteiger partial charge in [0, 0.05) is 17.2 Å². The summed E-state index contributed by atoms with van der Waals surface area (Å²) in [5.74, 6) is -0.0582. The maximum Gasteiger partial charge on any atom is 0.271 e. The Bertz CT molecular complexity index is 1080. The molecule has 30 heavy (non-hydrogen) atoms. The van der Waals surface area contributed by atoms with Crippen LogP contribution in [-0.2, 0) is 4.79 Å². The predicted octanol–water partition coefficient (Wildman–Crippen LogP) is 4.86. The van der Waals surface area contributed by atoms with Gasteiger partial charge in [0.25, 0.3) is 5.91 Å². The van der Waals surface area contributed by atoms with Crippen LogP contribution in [0.1, 0.15) is 35.7 Å². The van der Waals surface area contributed by atoms with Crippen LogP contribution in [0.5, 0.6) is 0 Å². The number of carbonyl (C=O) groups is 2. The largest absolute Gasteiger partial charge is 0.326 e. The van der Waals surface area contributed by atoms with Gasteiger partial charge in [-0.15, -0.1) is 0 Å². The summed E-state index contributed by atoms with van der Waals surface area (Å²) in [5, 5.41) is 7.15. The molecule has 3 aromatic carbocycles. The third-order valence-corrected chi connectivity index (χ3v) is 5.08. The molecule has 0 unspecified atom stereocenters. The van der Waals surface area contributed by atoms with Crippen molar-refractivity contribution in [2.45, 2.75) is 19.8 Å². The summed E-state index contributed by atoms with van der Waals surface area (Å²) in [4.78, 5) is 24.4. The number of carbonyl (C=O) groups excluding carboxylic acids is 2. The number of nitrogens with zero attached hydrogens (tertiary/aromatic N) is 1. The zero-order valence-corrected chi connectivity index (χ0v) is 16.8. The van der Waals surface area contributed by atoms with Crippen molar-refractivity contribution in [3.63, 3.8) is 0 Å². The minimum atomic E-state index is -0.271. The lowest BCUT2D eigenvalue weighted by Gasteiger charge is -2.08. The average Bonchev–Trinajstić information content (AvgIpc) is 3.64. The second-order valence-electron chi connectivity index (χ2n) is 7.43. The van der Waals surface area contributed by atoms with E-state index in [1.54, 1.807) is 12.1 Å². The number of nitrogens with one attached hydrogen (secondary N) is 2. The summed E-state index contributed by atoms with van der Waals surface area (Å²) in [6, 6.07) is 24.9. The maximum absolute atomic E-state index is 12.4. The molecule has 3 aromatic rings. The summed E-state index contributed by atoms with van der Waals surface area (Å²) in [6.07, 6.45) is 1.93. The van der Waals surface area contributed by atoms with Crippen LogP contribution >= 0.6 is 0 Å². The van der Waals surface area contributed by atoms with Gasteiger partial charge < -0.3 is 5.32 Å². The highest BCUT2D eigenvalue weighted by molar-refractivity contribution is 6.02. The molecule has 150 valence electrons. The molecule has 0 bridgehead atoms. The van der Waals surface area contributed by atoms with Gasteiger partial charge in [-0.05, 0) is 60.7 Å². The number of hydrazone groups is 1. The first-order valence-electron chi connectivity index (χ1n) is 10.0. The molecule has 1 aliphatic carbocycles. The molecule has 0 atom stereocenters. The number of rotatable bonds is 6. The Hall–Kier alpha value is -3.73. The van der Waals surface area contributed by atoms with Crippen molar-refractivity contribution in [1.29, 1.82) is 0 Å². The fraction of sp³-hybridized carbons (Fsp3) is 0.160. The van der Waals surface area contributed by atoms with Gasteiger partial charge in [0.2, 0.25) is 5.91 Å². The van der Waals surface area contributed by atoms with E-state index in [2.05, 4.69) is 15.8 Å². The maximum atomic E-state index is 12.4. The van der Waals surface area contributed by atoms with E-state index in [-0.39, 0.29) is 17.7 Å². The molecule has 0 aromatic heterocycles. The Kier molecular flexibility index (Phi) is 5.70. The number of benzene rings is 3. The Morgan fingerprint density at radius 3 is 2.23 bits per heavy atom. The number of hydrogen-bond acceptors (Lipinski definition) is 3. The highest BCUT2D eigenvalue weighted by Gasteiger charge is 2.29. The van der Waals surface area contributed by atoms with E-state index in [1.165, 1.54) is 0 Å². The second kappa shape index (κ2) is 8.74. The number of hydrogen-bond donors (Lipinski definition) is 2. The van der Waals surface area contributed by atoms with E-state index in [9.17, 15) is 9.59 Å². The van der Waals surface area contributed by atoms with Crippen LogP contribution in [0.4, 0.5) is 5.69 Å². The van der Waals surface area contributed by atoms with Gasteiger partial charge in [-0.1, -0.05) is 54.6 Å².